The van der Waals surface area contributed by atoms with Crippen molar-refractivity contribution in [3.8, 4) is 5.75 Å². The van der Waals surface area contributed by atoms with E-state index in [9.17, 15) is 4.79 Å². The number of benzene rings is 1. The zero-order valence-electron chi connectivity index (χ0n) is 12.7. The first kappa shape index (κ1) is 14.9. The van der Waals surface area contributed by atoms with Gasteiger partial charge in [-0.15, -0.1) is 0 Å². The molecule has 6 heteroatoms. The van der Waals surface area contributed by atoms with Gasteiger partial charge in [-0.1, -0.05) is 0 Å². The minimum atomic E-state index is -0.0802. The maximum absolute atomic E-state index is 12.2. The van der Waals surface area contributed by atoms with Crippen LogP contribution in [-0.2, 0) is 4.74 Å². The Morgan fingerprint density at radius 1 is 1.36 bits per heavy atom. The van der Waals surface area contributed by atoms with Crippen LogP contribution in [0.2, 0.25) is 0 Å². The number of ether oxygens (including phenoxy) is 2. The highest BCUT2D eigenvalue weighted by atomic mass is 16.5. The van der Waals surface area contributed by atoms with Gasteiger partial charge >= 0.3 is 0 Å². The van der Waals surface area contributed by atoms with E-state index < -0.39 is 0 Å². The molecule has 2 aromatic rings. The third kappa shape index (κ3) is 3.40. The standard InChI is InChI=1S/C16H21N3O3/c1-21-13-3-2-12-10-15(18-14(12)11-13)16(20)17-4-5-19-6-8-22-9-7-19/h2-3,10-11,18H,4-9H2,1H3,(H,17,20). The molecule has 0 unspecified atom stereocenters. The lowest BCUT2D eigenvalue weighted by Crippen LogP contribution is -2.41. The van der Waals surface area contributed by atoms with Crippen LogP contribution in [0.3, 0.4) is 0 Å². The molecule has 0 bridgehead atoms. The predicted molar refractivity (Wildman–Crippen MR) is 84.4 cm³/mol. The van der Waals surface area contributed by atoms with Crippen LogP contribution in [0.5, 0.6) is 5.75 Å². The number of hydrogen-bond donors (Lipinski definition) is 2. The molecule has 22 heavy (non-hydrogen) atoms. The van der Waals surface area contributed by atoms with E-state index in [4.69, 9.17) is 9.47 Å². The van der Waals surface area contributed by atoms with Crippen molar-refractivity contribution in [1.82, 2.24) is 15.2 Å². The van der Waals surface area contributed by atoms with Crippen molar-refractivity contribution in [2.75, 3.05) is 46.5 Å². The molecular weight excluding hydrogens is 282 g/mol. The number of nitrogens with zero attached hydrogens (tertiary/aromatic N) is 1. The molecule has 0 spiro atoms. The summed E-state index contributed by atoms with van der Waals surface area (Å²) in [5, 5.41) is 3.95. The first-order valence-electron chi connectivity index (χ1n) is 7.51. The highest BCUT2D eigenvalue weighted by Gasteiger charge is 2.12. The molecule has 1 aliphatic heterocycles. The average molecular weight is 303 g/mol. The third-order valence-corrected chi connectivity index (χ3v) is 3.89. The molecule has 1 amide bonds. The Bertz CT molecular complexity index is 647. The van der Waals surface area contributed by atoms with E-state index in [2.05, 4.69) is 15.2 Å². The Morgan fingerprint density at radius 2 is 2.18 bits per heavy atom. The number of rotatable bonds is 5. The van der Waals surface area contributed by atoms with Crippen LogP contribution in [0.25, 0.3) is 10.9 Å². The van der Waals surface area contributed by atoms with Crippen molar-refractivity contribution in [3.05, 3.63) is 30.0 Å². The predicted octanol–water partition coefficient (Wildman–Crippen LogP) is 1.24. The van der Waals surface area contributed by atoms with Gasteiger partial charge in [-0.3, -0.25) is 9.69 Å². The van der Waals surface area contributed by atoms with Crippen LogP contribution in [0.15, 0.2) is 24.3 Å². The number of fused-ring (bicyclic) bond motifs is 1. The van der Waals surface area contributed by atoms with Gasteiger partial charge < -0.3 is 19.8 Å². The lowest BCUT2D eigenvalue weighted by molar-refractivity contribution is 0.0383. The van der Waals surface area contributed by atoms with Gasteiger partial charge in [-0.2, -0.15) is 0 Å². The van der Waals surface area contributed by atoms with Crippen molar-refractivity contribution in [2.45, 2.75) is 0 Å². The summed E-state index contributed by atoms with van der Waals surface area (Å²) in [6.45, 7) is 4.90. The molecule has 1 fully saturated rings. The second-order valence-corrected chi connectivity index (χ2v) is 5.35. The molecule has 0 saturated carbocycles. The molecule has 1 aromatic carbocycles. The number of hydrogen-bond acceptors (Lipinski definition) is 4. The summed E-state index contributed by atoms with van der Waals surface area (Å²) < 4.78 is 10.5. The molecule has 6 nitrogen and oxygen atoms in total. The fourth-order valence-corrected chi connectivity index (χ4v) is 2.60. The SMILES string of the molecule is COc1ccc2cc(C(=O)NCCN3CCOCC3)[nH]c2c1. The summed E-state index contributed by atoms with van der Waals surface area (Å²) in [5.41, 5.74) is 1.47. The first-order chi connectivity index (χ1) is 10.8. The van der Waals surface area contributed by atoms with Crippen LogP contribution in [0.1, 0.15) is 10.5 Å². The fraction of sp³-hybridized carbons (Fsp3) is 0.438. The summed E-state index contributed by atoms with van der Waals surface area (Å²) in [7, 11) is 1.63. The van der Waals surface area contributed by atoms with Gasteiger partial charge in [-0.25, -0.2) is 0 Å². The highest BCUT2D eigenvalue weighted by Crippen LogP contribution is 2.21. The van der Waals surface area contributed by atoms with Crippen LogP contribution < -0.4 is 10.1 Å². The van der Waals surface area contributed by atoms with Gasteiger partial charge in [0.2, 0.25) is 0 Å². The van der Waals surface area contributed by atoms with Crippen LogP contribution in [-0.4, -0.2) is 62.3 Å². The zero-order chi connectivity index (χ0) is 15.4. The number of aromatic amines is 1. The lowest BCUT2D eigenvalue weighted by atomic mass is 10.2. The van der Waals surface area contributed by atoms with Crippen LogP contribution in [0.4, 0.5) is 0 Å². The van der Waals surface area contributed by atoms with Crippen molar-refractivity contribution in [2.24, 2.45) is 0 Å². The number of methoxy groups -OCH3 is 1. The molecule has 118 valence electrons. The second kappa shape index (κ2) is 6.81. The Kier molecular flexibility index (Phi) is 4.60. The quantitative estimate of drug-likeness (QED) is 0.872. The summed E-state index contributed by atoms with van der Waals surface area (Å²) >= 11 is 0. The Balaban J connectivity index is 1.57. The van der Waals surface area contributed by atoms with E-state index in [0.29, 0.717) is 12.2 Å². The van der Waals surface area contributed by atoms with Crippen molar-refractivity contribution in [1.29, 1.82) is 0 Å². The molecule has 0 atom stereocenters. The highest BCUT2D eigenvalue weighted by molar-refractivity contribution is 5.98. The Morgan fingerprint density at radius 3 is 2.95 bits per heavy atom. The van der Waals surface area contributed by atoms with E-state index in [1.165, 1.54) is 0 Å². The van der Waals surface area contributed by atoms with Crippen molar-refractivity contribution < 1.29 is 14.3 Å². The third-order valence-electron chi connectivity index (χ3n) is 3.89. The van der Waals surface area contributed by atoms with E-state index in [-0.39, 0.29) is 5.91 Å². The summed E-state index contributed by atoms with van der Waals surface area (Å²) in [6.07, 6.45) is 0. The molecule has 1 aromatic heterocycles. The van der Waals surface area contributed by atoms with Gasteiger partial charge in [0.05, 0.1) is 20.3 Å². The van der Waals surface area contributed by atoms with Crippen LogP contribution in [0, 0.1) is 0 Å². The lowest BCUT2D eigenvalue weighted by Gasteiger charge is -2.26. The van der Waals surface area contributed by atoms with E-state index in [1.54, 1.807) is 7.11 Å². The summed E-state index contributed by atoms with van der Waals surface area (Å²) in [4.78, 5) is 17.6. The molecule has 3 rings (SSSR count). The number of carbonyl (C=O) groups excluding carboxylic acids is 1. The molecule has 2 heterocycles. The summed E-state index contributed by atoms with van der Waals surface area (Å²) in [6, 6.07) is 7.57. The number of nitrogens with one attached hydrogen (secondary N) is 2. The maximum Gasteiger partial charge on any atom is 0.267 e. The number of aromatic nitrogens is 1. The molecule has 1 aliphatic rings. The maximum atomic E-state index is 12.2. The monoisotopic (exact) mass is 303 g/mol. The second-order valence-electron chi connectivity index (χ2n) is 5.35. The first-order valence-corrected chi connectivity index (χ1v) is 7.51. The van der Waals surface area contributed by atoms with Gasteiger partial charge in [0, 0.05) is 43.1 Å². The number of amides is 1. The van der Waals surface area contributed by atoms with E-state index >= 15 is 0 Å². The van der Waals surface area contributed by atoms with Gasteiger partial charge in [0.1, 0.15) is 11.4 Å². The minimum Gasteiger partial charge on any atom is -0.497 e. The number of carbonyl (C=O) groups is 1. The van der Waals surface area contributed by atoms with Crippen molar-refractivity contribution >= 4 is 16.8 Å². The molecule has 1 saturated heterocycles. The van der Waals surface area contributed by atoms with Gasteiger partial charge in [-0.05, 0) is 18.2 Å². The van der Waals surface area contributed by atoms with Gasteiger partial charge in [0.15, 0.2) is 0 Å². The van der Waals surface area contributed by atoms with Gasteiger partial charge in [0.25, 0.3) is 5.91 Å². The molecule has 0 aliphatic carbocycles. The smallest absolute Gasteiger partial charge is 0.267 e. The Hall–Kier alpha value is -2.05. The van der Waals surface area contributed by atoms with Crippen molar-refractivity contribution in [3.63, 3.8) is 0 Å². The average Bonchev–Trinajstić information content (AvgIpc) is 2.99. The summed E-state index contributed by atoms with van der Waals surface area (Å²) in [5.74, 6) is 0.692. The van der Waals surface area contributed by atoms with Crippen LogP contribution >= 0.6 is 0 Å². The normalized spacial score (nSPS) is 15.9. The number of H-pyrrole nitrogens is 1. The fourth-order valence-electron chi connectivity index (χ4n) is 2.60. The topological polar surface area (TPSA) is 66.6 Å². The minimum absolute atomic E-state index is 0.0802. The Labute approximate surface area is 129 Å². The largest absolute Gasteiger partial charge is 0.497 e. The zero-order valence-corrected chi connectivity index (χ0v) is 12.7. The molecule has 0 radical (unpaired) electrons. The van der Waals surface area contributed by atoms with E-state index in [0.717, 1.165) is 49.5 Å². The van der Waals surface area contributed by atoms with E-state index in [1.807, 2.05) is 24.3 Å². The molecular formula is C16H21N3O3. The number of morpholine rings is 1. The molecule has 2 N–H and O–H groups in total.